The number of aliphatic carboxylic acids is 3. The molecule has 0 radical (unpaired) electrons. The van der Waals surface area contributed by atoms with Gasteiger partial charge in [0.15, 0.2) is 0 Å². The minimum absolute atomic E-state index is 0.562. The second-order valence-corrected chi connectivity index (χ2v) is 32.8. The first kappa shape index (κ1) is 70.2. The van der Waals surface area contributed by atoms with Crippen molar-refractivity contribution in [3.63, 3.8) is 0 Å². The van der Waals surface area contributed by atoms with Gasteiger partial charge in [-0.1, -0.05) is 160 Å². The third-order valence-electron chi connectivity index (χ3n) is 13.1. The number of rotatable bonds is 41. The van der Waals surface area contributed by atoms with Crippen molar-refractivity contribution < 1.29 is 34.8 Å². The molecule has 0 amide bonds. The molecule has 0 rings (SSSR count). The summed E-state index contributed by atoms with van der Waals surface area (Å²) in [5, 5.41) is 38.9. The lowest BCUT2D eigenvalue weighted by Gasteiger charge is -2.29. The van der Waals surface area contributed by atoms with E-state index in [-0.39, 0.29) is 0 Å². The zero-order chi connectivity index (χ0) is 49.6. The number of hydrogen-bond acceptors (Lipinski definition) is 7. The van der Waals surface area contributed by atoms with E-state index in [2.05, 4.69) is 83.1 Å². The molecule has 0 aliphatic carbocycles. The fourth-order valence-electron chi connectivity index (χ4n) is 8.62. The van der Waals surface area contributed by atoms with Gasteiger partial charge in [0.05, 0.1) is 79.9 Å². The SMILES string of the molecule is CCCC[P+](CCCC)(CCCC)CCCC.CCCC[P+](CCCC)(CCCC)CCCC.CCCC[P+](CCCC)(CCCC)CCCC.O=C([O-])CC(O)(CC(=O)[O-])C(=O)[O-]. The Balaban J connectivity index is -0.000000377. The highest BCUT2D eigenvalue weighted by atomic mass is 31.2. The molecule has 10 heteroatoms. The summed E-state index contributed by atoms with van der Waals surface area (Å²) in [6.45, 7) is 28.3. The summed E-state index contributed by atoms with van der Waals surface area (Å²) in [6, 6.07) is 0. The van der Waals surface area contributed by atoms with Gasteiger partial charge in [0.2, 0.25) is 0 Å². The van der Waals surface area contributed by atoms with Gasteiger partial charge in [-0.3, -0.25) is 0 Å². The van der Waals surface area contributed by atoms with Crippen LogP contribution < -0.4 is 15.3 Å². The van der Waals surface area contributed by atoms with Crippen LogP contribution in [0.1, 0.15) is 250 Å². The molecule has 0 spiro atoms. The number of carbonyl (C=O) groups excluding carboxylic acids is 3. The van der Waals surface area contributed by atoms with E-state index in [9.17, 15) is 29.7 Å². The molecule has 0 saturated carbocycles. The highest BCUT2D eigenvalue weighted by molar-refractivity contribution is 7.76. The molecule has 64 heavy (non-hydrogen) atoms. The third kappa shape index (κ3) is 39.6. The molecule has 0 aromatic heterocycles. The maximum atomic E-state index is 10.1. The van der Waals surface area contributed by atoms with Crippen molar-refractivity contribution in [3.8, 4) is 0 Å². The molecular weight excluding hydrogens is 854 g/mol. The average molecular weight is 967 g/mol. The zero-order valence-corrected chi connectivity index (χ0v) is 47.8. The second-order valence-electron chi connectivity index (χ2n) is 19.4. The minimum Gasteiger partial charge on any atom is -0.550 e. The number of carboxylic acid groups (broad SMARTS) is 3. The first-order valence-electron chi connectivity index (χ1n) is 27.4. The van der Waals surface area contributed by atoms with Crippen LogP contribution in [0.25, 0.3) is 0 Å². The van der Waals surface area contributed by atoms with Gasteiger partial charge in [-0.15, -0.1) is 0 Å². The molecule has 0 atom stereocenters. The van der Waals surface area contributed by atoms with Crippen molar-refractivity contribution in [2.45, 2.75) is 256 Å². The van der Waals surface area contributed by atoms with Crippen molar-refractivity contribution in [1.82, 2.24) is 0 Å². The Hall–Kier alpha value is -0.340. The van der Waals surface area contributed by atoms with Crippen LogP contribution in [0.3, 0.4) is 0 Å². The standard InChI is InChI=1S/3C16H36P.C6H8O7/c3*1-5-9-13-17(14-10-6-2,15-11-7-3)16-12-8-4;7-3(8)1-6(13,5(11)12)2-4(9)10/h3*5-16H2,1-4H3;13H,1-2H2,(H,7,8)(H,9,10)(H,11,12)/q3*+1;/p-3. The summed E-state index contributed by atoms with van der Waals surface area (Å²) < 4.78 is 0. The lowest BCUT2D eigenvalue weighted by Crippen LogP contribution is -2.54. The maximum absolute atomic E-state index is 10.1. The Morgan fingerprint density at radius 1 is 0.312 bits per heavy atom. The van der Waals surface area contributed by atoms with Crippen LogP contribution in [0, 0.1) is 0 Å². The van der Waals surface area contributed by atoms with Crippen LogP contribution >= 0.6 is 21.8 Å². The predicted octanol–water partition coefficient (Wildman–Crippen LogP) is 13.4. The second kappa shape index (κ2) is 47.7. The summed E-state index contributed by atoms with van der Waals surface area (Å²) in [5.74, 6) is -5.98. The Kier molecular flexibility index (Phi) is 52.4. The van der Waals surface area contributed by atoms with Crippen LogP contribution in [0.15, 0.2) is 0 Å². The molecular formula is C54H113O7P3. The maximum Gasteiger partial charge on any atom is 0.114 e. The van der Waals surface area contributed by atoms with Gasteiger partial charge in [0.25, 0.3) is 0 Å². The van der Waals surface area contributed by atoms with Crippen molar-refractivity contribution >= 4 is 39.7 Å². The number of carbonyl (C=O) groups is 3. The van der Waals surface area contributed by atoms with E-state index >= 15 is 0 Å². The summed E-state index contributed by atoms with van der Waals surface area (Å²) in [4.78, 5) is 30.0. The zero-order valence-electron chi connectivity index (χ0n) is 45.1. The van der Waals surface area contributed by atoms with E-state index in [1.165, 1.54) is 154 Å². The molecule has 7 nitrogen and oxygen atoms in total. The molecule has 0 heterocycles. The van der Waals surface area contributed by atoms with E-state index in [0.29, 0.717) is 0 Å². The van der Waals surface area contributed by atoms with Crippen molar-refractivity contribution in [1.29, 1.82) is 0 Å². The van der Waals surface area contributed by atoms with Gasteiger partial charge in [0, 0.05) is 46.6 Å². The lowest BCUT2D eigenvalue weighted by atomic mass is 9.96. The first-order chi connectivity index (χ1) is 30.5. The quantitative estimate of drug-likeness (QED) is 0.0602. The fourth-order valence-corrected chi connectivity index (χ4v) is 24.5. The highest BCUT2D eigenvalue weighted by Crippen LogP contribution is 2.63. The van der Waals surface area contributed by atoms with Gasteiger partial charge >= 0.3 is 0 Å². The van der Waals surface area contributed by atoms with Crippen molar-refractivity contribution in [2.75, 3.05) is 73.9 Å². The summed E-state index contributed by atoms with van der Waals surface area (Å²) in [6.07, 6.45) is 51.1. The Labute approximate surface area is 402 Å². The molecule has 0 saturated heterocycles. The number of hydrogen-bond donors (Lipinski definition) is 1. The van der Waals surface area contributed by atoms with Crippen LogP contribution in [0.4, 0.5) is 0 Å². The number of aliphatic hydroxyl groups is 1. The summed E-state index contributed by atoms with van der Waals surface area (Å²) >= 11 is 0. The van der Waals surface area contributed by atoms with E-state index < -0.39 is 58.1 Å². The Morgan fingerprint density at radius 2 is 0.438 bits per heavy atom. The van der Waals surface area contributed by atoms with Gasteiger partial charge in [0.1, 0.15) is 5.60 Å². The first-order valence-corrected chi connectivity index (χ1v) is 35.0. The molecule has 0 aliphatic heterocycles. The summed E-state index contributed by atoms with van der Waals surface area (Å²) in [7, 11) is -1.69. The van der Waals surface area contributed by atoms with E-state index in [1.54, 1.807) is 73.9 Å². The van der Waals surface area contributed by atoms with Gasteiger partial charge < -0.3 is 34.8 Å². The predicted molar refractivity (Wildman–Crippen MR) is 287 cm³/mol. The van der Waals surface area contributed by atoms with E-state index in [4.69, 9.17) is 5.11 Å². The topological polar surface area (TPSA) is 141 Å². The van der Waals surface area contributed by atoms with Gasteiger partial charge in [-0.25, -0.2) is 0 Å². The average Bonchev–Trinajstić information content (AvgIpc) is 3.27. The van der Waals surface area contributed by atoms with E-state index in [0.717, 1.165) is 0 Å². The number of carboxylic acids is 3. The third-order valence-corrected chi connectivity index (χ3v) is 28.3. The molecule has 0 fully saturated rings. The van der Waals surface area contributed by atoms with E-state index in [1.807, 2.05) is 0 Å². The Bertz CT molecular complexity index is 826. The van der Waals surface area contributed by atoms with Crippen LogP contribution in [-0.4, -0.2) is 103 Å². The Morgan fingerprint density at radius 3 is 0.516 bits per heavy atom. The van der Waals surface area contributed by atoms with Gasteiger partial charge in [-0.05, 0) is 77.0 Å². The van der Waals surface area contributed by atoms with Crippen LogP contribution in [-0.2, 0) is 14.4 Å². The largest absolute Gasteiger partial charge is 0.550 e. The summed E-state index contributed by atoms with van der Waals surface area (Å²) in [5.41, 5.74) is -2.97. The molecule has 0 aromatic carbocycles. The molecule has 0 aliphatic rings. The fraction of sp³-hybridized carbons (Fsp3) is 0.944. The van der Waals surface area contributed by atoms with Crippen molar-refractivity contribution in [2.24, 2.45) is 0 Å². The minimum atomic E-state index is -2.97. The van der Waals surface area contributed by atoms with Gasteiger partial charge in [-0.2, -0.15) is 0 Å². The van der Waals surface area contributed by atoms with Crippen LogP contribution in [0.5, 0.6) is 0 Å². The highest BCUT2D eigenvalue weighted by Gasteiger charge is 2.36. The molecule has 0 unspecified atom stereocenters. The lowest BCUT2D eigenvalue weighted by molar-refractivity contribution is -0.339. The molecule has 0 aromatic rings. The number of unbranched alkanes of at least 4 members (excludes halogenated alkanes) is 12. The molecule has 1 N–H and O–H groups in total. The smallest absolute Gasteiger partial charge is 0.114 e. The normalized spacial score (nSPS) is 11.8. The van der Waals surface area contributed by atoms with Crippen molar-refractivity contribution in [3.05, 3.63) is 0 Å². The molecule has 386 valence electrons. The molecule has 0 bridgehead atoms. The van der Waals surface area contributed by atoms with Crippen LogP contribution in [0.2, 0.25) is 0 Å². The monoisotopic (exact) mass is 967 g/mol.